The van der Waals surface area contributed by atoms with Crippen LogP contribution in [0.5, 0.6) is 0 Å². The smallest absolute Gasteiger partial charge is 0.247 e. The van der Waals surface area contributed by atoms with Gasteiger partial charge in [0.1, 0.15) is 9.84 Å². The number of sulfone groups is 1. The Morgan fingerprint density at radius 3 is 2.40 bits per heavy atom. The number of rotatable bonds is 8. The summed E-state index contributed by atoms with van der Waals surface area (Å²) in [6, 6.07) is -0.527. The van der Waals surface area contributed by atoms with Crippen LogP contribution < -0.4 is 5.32 Å². The Balaban J connectivity index is 2.50. The van der Waals surface area contributed by atoms with Crippen molar-refractivity contribution in [1.82, 2.24) is 10.2 Å². The van der Waals surface area contributed by atoms with E-state index in [2.05, 4.69) is 5.32 Å². The highest BCUT2D eigenvalue weighted by molar-refractivity contribution is 7.90. The monoisotopic (exact) mass is 304 g/mol. The van der Waals surface area contributed by atoms with Gasteiger partial charge in [-0.25, -0.2) is 8.42 Å². The van der Waals surface area contributed by atoms with Crippen molar-refractivity contribution in [3.63, 3.8) is 0 Å². The second-order valence-corrected chi connectivity index (χ2v) is 7.53. The average Bonchev–Trinajstić information content (AvgIpc) is 2.63. The van der Waals surface area contributed by atoms with Crippen molar-refractivity contribution in [2.24, 2.45) is 0 Å². The van der Waals surface area contributed by atoms with E-state index in [1.54, 1.807) is 0 Å². The Kier molecular flexibility index (Phi) is 6.13. The summed E-state index contributed by atoms with van der Waals surface area (Å²) in [6.07, 6.45) is 3.33. The highest BCUT2D eigenvalue weighted by atomic mass is 32.2. The van der Waals surface area contributed by atoms with Gasteiger partial charge in [-0.2, -0.15) is 0 Å². The van der Waals surface area contributed by atoms with Crippen LogP contribution in [0.1, 0.15) is 39.5 Å². The van der Waals surface area contributed by atoms with E-state index >= 15 is 0 Å². The molecule has 0 bridgehead atoms. The number of carbonyl (C=O) groups is 2. The van der Waals surface area contributed by atoms with Gasteiger partial charge in [-0.1, -0.05) is 13.8 Å². The number of nitrogens with one attached hydrogen (secondary N) is 1. The Morgan fingerprint density at radius 1 is 1.30 bits per heavy atom. The van der Waals surface area contributed by atoms with Crippen LogP contribution in [-0.2, 0) is 19.4 Å². The maximum Gasteiger partial charge on any atom is 0.247 e. The van der Waals surface area contributed by atoms with Crippen LogP contribution in [0, 0.1) is 0 Å². The molecule has 116 valence electrons. The van der Waals surface area contributed by atoms with Gasteiger partial charge in [-0.15, -0.1) is 0 Å². The van der Waals surface area contributed by atoms with Crippen molar-refractivity contribution in [2.45, 2.75) is 51.6 Å². The standard InChI is InChI=1S/C13H24N2O4S/c1-4-10(5-2)15-12(16)9-11(13(15)17)14-7-6-8-20(3,18)19/h10-11,14H,4-9H2,1-3H3. The molecule has 1 atom stereocenters. The van der Waals surface area contributed by atoms with E-state index in [1.165, 1.54) is 11.2 Å². The van der Waals surface area contributed by atoms with Gasteiger partial charge >= 0.3 is 0 Å². The molecule has 1 aliphatic heterocycles. The summed E-state index contributed by atoms with van der Waals surface area (Å²) in [6.45, 7) is 4.34. The molecule has 1 rings (SSSR count). The molecule has 0 aromatic carbocycles. The largest absolute Gasteiger partial charge is 0.305 e. The molecule has 1 saturated heterocycles. The first-order valence-corrected chi connectivity index (χ1v) is 9.13. The molecule has 1 N–H and O–H groups in total. The third-order valence-corrected chi connectivity index (χ3v) is 4.60. The fourth-order valence-electron chi connectivity index (χ4n) is 2.46. The molecular weight excluding hydrogens is 280 g/mol. The minimum Gasteiger partial charge on any atom is -0.305 e. The molecule has 0 aromatic heterocycles. The second-order valence-electron chi connectivity index (χ2n) is 5.27. The lowest BCUT2D eigenvalue weighted by atomic mass is 10.1. The number of imide groups is 1. The lowest BCUT2D eigenvalue weighted by Crippen LogP contribution is -2.43. The molecule has 0 aliphatic carbocycles. The molecule has 2 amide bonds. The lowest BCUT2D eigenvalue weighted by molar-refractivity contribution is -0.141. The predicted octanol–water partition coefficient (Wildman–Crippen LogP) is 0.327. The Hall–Kier alpha value is -0.950. The first-order valence-electron chi connectivity index (χ1n) is 7.07. The zero-order valence-corrected chi connectivity index (χ0v) is 13.2. The van der Waals surface area contributed by atoms with Gasteiger partial charge in [0.2, 0.25) is 11.8 Å². The molecule has 1 fully saturated rings. The SMILES string of the molecule is CCC(CC)N1C(=O)CC(NCCCS(C)(=O)=O)C1=O. The van der Waals surface area contributed by atoms with Gasteiger partial charge in [0.25, 0.3) is 0 Å². The van der Waals surface area contributed by atoms with Crippen molar-refractivity contribution < 1.29 is 18.0 Å². The van der Waals surface area contributed by atoms with Gasteiger partial charge in [0.05, 0.1) is 18.2 Å². The third kappa shape index (κ3) is 4.56. The van der Waals surface area contributed by atoms with E-state index in [9.17, 15) is 18.0 Å². The lowest BCUT2D eigenvalue weighted by Gasteiger charge is -2.24. The van der Waals surface area contributed by atoms with Gasteiger partial charge in [0.15, 0.2) is 0 Å². The molecule has 20 heavy (non-hydrogen) atoms. The van der Waals surface area contributed by atoms with Crippen molar-refractivity contribution >= 4 is 21.7 Å². The quantitative estimate of drug-likeness (QED) is 0.516. The summed E-state index contributed by atoms with van der Waals surface area (Å²) in [5.41, 5.74) is 0. The minimum absolute atomic E-state index is 0.0298. The first-order chi connectivity index (χ1) is 9.30. The van der Waals surface area contributed by atoms with Crippen LogP contribution in [-0.4, -0.2) is 55.8 Å². The van der Waals surface area contributed by atoms with Crippen LogP contribution in [0.15, 0.2) is 0 Å². The van der Waals surface area contributed by atoms with Crippen LogP contribution in [0.2, 0.25) is 0 Å². The number of carbonyl (C=O) groups excluding carboxylic acids is 2. The summed E-state index contributed by atoms with van der Waals surface area (Å²) in [5, 5.41) is 2.99. The van der Waals surface area contributed by atoms with Crippen molar-refractivity contribution in [3.05, 3.63) is 0 Å². The molecule has 0 radical (unpaired) electrons. The second kappa shape index (κ2) is 7.17. The van der Waals surface area contributed by atoms with Crippen molar-refractivity contribution in [1.29, 1.82) is 0 Å². The number of hydrogen-bond donors (Lipinski definition) is 1. The van der Waals surface area contributed by atoms with E-state index in [-0.39, 0.29) is 30.0 Å². The number of nitrogens with zero attached hydrogens (tertiary/aromatic N) is 1. The van der Waals surface area contributed by atoms with Crippen LogP contribution >= 0.6 is 0 Å². The molecule has 1 heterocycles. The molecule has 0 saturated carbocycles. The fourth-order valence-corrected chi connectivity index (χ4v) is 3.13. The van der Waals surface area contributed by atoms with E-state index in [1.807, 2.05) is 13.8 Å². The maximum atomic E-state index is 12.2. The predicted molar refractivity (Wildman–Crippen MR) is 77.0 cm³/mol. The Labute approximate surface area is 120 Å². The first kappa shape index (κ1) is 17.1. The third-order valence-electron chi connectivity index (χ3n) is 3.57. The maximum absolute atomic E-state index is 12.2. The summed E-state index contributed by atoms with van der Waals surface area (Å²) < 4.78 is 22.0. The molecule has 1 aliphatic rings. The van der Waals surface area contributed by atoms with Gasteiger partial charge < -0.3 is 5.32 Å². The van der Waals surface area contributed by atoms with Gasteiger partial charge in [-0.05, 0) is 25.8 Å². The van der Waals surface area contributed by atoms with Crippen LogP contribution in [0.4, 0.5) is 0 Å². The average molecular weight is 304 g/mol. The van der Waals surface area contributed by atoms with E-state index < -0.39 is 15.9 Å². The van der Waals surface area contributed by atoms with E-state index in [0.717, 1.165) is 12.8 Å². The number of hydrogen-bond acceptors (Lipinski definition) is 5. The van der Waals surface area contributed by atoms with Crippen molar-refractivity contribution in [3.8, 4) is 0 Å². The normalized spacial score (nSPS) is 20.2. The molecule has 0 aromatic rings. The highest BCUT2D eigenvalue weighted by Crippen LogP contribution is 2.20. The van der Waals surface area contributed by atoms with Crippen LogP contribution in [0.3, 0.4) is 0 Å². The summed E-state index contributed by atoms with van der Waals surface area (Å²) in [7, 11) is -2.98. The van der Waals surface area contributed by atoms with Gasteiger partial charge in [-0.3, -0.25) is 14.5 Å². The molecule has 1 unspecified atom stereocenters. The highest BCUT2D eigenvalue weighted by Gasteiger charge is 2.40. The van der Waals surface area contributed by atoms with Crippen LogP contribution in [0.25, 0.3) is 0 Å². The van der Waals surface area contributed by atoms with E-state index in [4.69, 9.17) is 0 Å². The van der Waals surface area contributed by atoms with E-state index in [0.29, 0.717) is 13.0 Å². The zero-order chi connectivity index (χ0) is 15.3. The topological polar surface area (TPSA) is 83.6 Å². The Bertz CT molecular complexity index is 457. The number of amides is 2. The zero-order valence-electron chi connectivity index (χ0n) is 12.4. The summed E-state index contributed by atoms with van der Waals surface area (Å²) in [5.74, 6) is -0.224. The molecular formula is C13H24N2O4S. The van der Waals surface area contributed by atoms with Gasteiger partial charge in [0, 0.05) is 12.3 Å². The molecule has 7 heteroatoms. The molecule has 0 spiro atoms. The summed E-state index contributed by atoms with van der Waals surface area (Å²) >= 11 is 0. The van der Waals surface area contributed by atoms with Crippen molar-refractivity contribution in [2.75, 3.05) is 18.6 Å². The Morgan fingerprint density at radius 2 is 1.90 bits per heavy atom. The number of likely N-dealkylation sites (tertiary alicyclic amines) is 1. The molecule has 6 nitrogen and oxygen atoms in total. The minimum atomic E-state index is -2.98. The fraction of sp³-hybridized carbons (Fsp3) is 0.846. The summed E-state index contributed by atoms with van der Waals surface area (Å²) in [4.78, 5) is 25.5.